The van der Waals surface area contributed by atoms with E-state index < -0.39 is 23.0 Å². The maximum Gasteiger partial charge on any atom is 0.252 e. The van der Waals surface area contributed by atoms with Crippen LogP contribution in [-0.4, -0.2) is 55.1 Å². The summed E-state index contributed by atoms with van der Waals surface area (Å²) in [4.78, 5) is -0.0785. The molecule has 1 N–H and O–H groups in total. The summed E-state index contributed by atoms with van der Waals surface area (Å²) in [5.41, 5.74) is 0. The molecule has 0 aliphatic heterocycles. The van der Waals surface area contributed by atoms with Crippen molar-refractivity contribution in [2.45, 2.75) is 37.8 Å². The van der Waals surface area contributed by atoms with E-state index in [2.05, 4.69) is 10.4 Å². The van der Waals surface area contributed by atoms with Gasteiger partial charge in [-0.2, -0.15) is 9.40 Å². The van der Waals surface area contributed by atoms with Gasteiger partial charge in [-0.3, -0.25) is 4.68 Å². The zero-order chi connectivity index (χ0) is 15.3. The highest BCUT2D eigenvalue weighted by Crippen LogP contribution is 2.14. The van der Waals surface area contributed by atoms with E-state index in [1.54, 1.807) is 0 Å². The molecular weight excluding hydrogens is 290 g/mol. The van der Waals surface area contributed by atoms with E-state index in [-0.39, 0.29) is 4.90 Å². The minimum Gasteiger partial charge on any atom is -0.313 e. The molecule has 0 amide bonds. The molecule has 1 aromatic heterocycles. The van der Waals surface area contributed by atoms with Crippen LogP contribution in [-0.2, 0) is 16.6 Å². The quantitative estimate of drug-likeness (QED) is 0.770. The second-order valence-corrected chi connectivity index (χ2v) is 6.77. The Kier molecular flexibility index (Phi) is 6.03. The normalized spacial score (nSPS) is 12.8. The summed E-state index contributed by atoms with van der Waals surface area (Å²) in [6.45, 7) is 4.32. The average Bonchev–Trinajstić information content (AvgIpc) is 2.76. The summed E-state index contributed by atoms with van der Waals surface area (Å²) in [6.07, 6.45) is -0.188. The fourth-order valence-electron chi connectivity index (χ4n) is 1.54. The Morgan fingerprint density at radius 1 is 1.45 bits per heavy atom. The van der Waals surface area contributed by atoms with Gasteiger partial charge in [-0.25, -0.2) is 17.2 Å². The second-order valence-electron chi connectivity index (χ2n) is 4.72. The molecule has 0 fully saturated rings. The molecule has 0 aliphatic rings. The lowest BCUT2D eigenvalue weighted by molar-refractivity contribution is 0.126. The lowest BCUT2D eigenvalue weighted by Crippen LogP contribution is -2.31. The molecule has 0 saturated carbocycles. The molecule has 0 radical (unpaired) electrons. The maximum absolute atomic E-state index is 12.2. The average molecular weight is 310 g/mol. The Morgan fingerprint density at radius 2 is 2.10 bits per heavy atom. The van der Waals surface area contributed by atoms with E-state index in [0.29, 0.717) is 23.4 Å². The molecule has 0 unspecified atom stereocenters. The van der Waals surface area contributed by atoms with E-state index in [4.69, 9.17) is 0 Å². The number of aromatic nitrogens is 2. The first-order valence-corrected chi connectivity index (χ1v) is 7.68. The lowest BCUT2D eigenvalue weighted by atomic mass is 10.4. The first-order valence-electron chi connectivity index (χ1n) is 6.24. The van der Waals surface area contributed by atoms with Gasteiger partial charge in [-0.15, -0.1) is 0 Å². The Hall–Kier alpha value is -1.06. The van der Waals surface area contributed by atoms with Gasteiger partial charge in [0, 0.05) is 25.8 Å². The molecule has 9 heteroatoms. The predicted octanol–water partition coefficient (Wildman–Crippen LogP) is 0.767. The molecule has 0 aliphatic carbocycles. The van der Waals surface area contributed by atoms with Crippen LogP contribution in [0.2, 0.25) is 0 Å². The number of nitrogens with one attached hydrogen (secondary N) is 1. The van der Waals surface area contributed by atoms with E-state index in [1.807, 2.05) is 13.8 Å². The van der Waals surface area contributed by atoms with Gasteiger partial charge in [0.25, 0.3) is 6.43 Å². The number of hydrogen-bond acceptors (Lipinski definition) is 4. The van der Waals surface area contributed by atoms with Crippen LogP contribution >= 0.6 is 0 Å². The topological polar surface area (TPSA) is 67.2 Å². The van der Waals surface area contributed by atoms with Crippen molar-refractivity contribution in [1.29, 1.82) is 0 Å². The summed E-state index contributed by atoms with van der Waals surface area (Å²) in [7, 11) is -2.78. The van der Waals surface area contributed by atoms with Crippen LogP contribution in [0.4, 0.5) is 8.78 Å². The van der Waals surface area contributed by atoms with E-state index in [0.717, 1.165) is 7.05 Å². The lowest BCUT2D eigenvalue weighted by Gasteiger charge is -2.14. The molecule has 116 valence electrons. The van der Waals surface area contributed by atoms with Crippen molar-refractivity contribution in [2.24, 2.45) is 0 Å². The fraction of sp³-hybridized carbons (Fsp3) is 0.727. The van der Waals surface area contributed by atoms with Crippen LogP contribution in [0.25, 0.3) is 0 Å². The smallest absolute Gasteiger partial charge is 0.252 e. The highest BCUT2D eigenvalue weighted by atomic mass is 32.2. The van der Waals surface area contributed by atoms with Crippen LogP contribution in [0.3, 0.4) is 0 Å². The fourth-order valence-corrected chi connectivity index (χ4v) is 2.64. The molecule has 1 rings (SSSR count). The van der Waals surface area contributed by atoms with Gasteiger partial charge in [-0.05, 0) is 0 Å². The molecule has 0 bridgehead atoms. The van der Waals surface area contributed by atoms with Crippen molar-refractivity contribution in [3.05, 3.63) is 12.4 Å². The molecular formula is C11H20F2N4O2S. The molecule has 0 aromatic carbocycles. The first-order chi connectivity index (χ1) is 9.23. The Balaban J connectivity index is 2.70. The molecule has 1 aromatic rings. The Bertz CT molecular complexity index is 516. The van der Waals surface area contributed by atoms with Crippen molar-refractivity contribution in [1.82, 2.24) is 19.4 Å². The Labute approximate surface area is 117 Å². The van der Waals surface area contributed by atoms with Crippen LogP contribution < -0.4 is 5.32 Å². The van der Waals surface area contributed by atoms with Crippen LogP contribution in [0.1, 0.15) is 13.8 Å². The van der Waals surface area contributed by atoms with Gasteiger partial charge in [-0.1, -0.05) is 13.8 Å². The summed E-state index contributed by atoms with van der Waals surface area (Å²) in [6, 6.07) is 0.325. The third-order valence-corrected chi connectivity index (χ3v) is 4.38. The number of halogens is 2. The molecule has 0 saturated heterocycles. The molecule has 1 heterocycles. The molecule has 0 spiro atoms. The first kappa shape index (κ1) is 17.0. The minimum atomic E-state index is -3.90. The van der Waals surface area contributed by atoms with Gasteiger partial charge in [0.2, 0.25) is 10.0 Å². The van der Waals surface area contributed by atoms with E-state index in [1.165, 1.54) is 17.1 Å². The second kappa shape index (κ2) is 7.09. The van der Waals surface area contributed by atoms with Crippen LogP contribution in [0.5, 0.6) is 0 Å². The predicted molar refractivity (Wildman–Crippen MR) is 71.2 cm³/mol. The number of rotatable bonds is 8. The van der Waals surface area contributed by atoms with Crippen molar-refractivity contribution >= 4 is 10.0 Å². The summed E-state index contributed by atoms with van der Waals surface area (Å²) >= 11 is 0. The highest BCUT2D eigenvalue weighted by Gasteiger charge is 2.25. The molecule has 0 atom stereocenters. The number of hydrogen-bond donors (Lipinski definition) is 1. The summed E-state index contributed by atoms with van der Waals surface area (Å²) in [5, 5.41) is 7.10. The standard InChI is InChI=1S/C11H20F2N4O2S/c1-9(2)14-4-5-17-7-10(6-15-17)20(18,19)16(3)8-11(12)13/h6-7,9,11,14H,4-5,8H2,1-3H3. The van der Waals surface area contributed by atoms with Crippen LogP contribution in [0.15, 0.2) is 17.3 Å². The zero-order valence-corrected chi connectivity index (χ0v) is 12.6. The van der Waals surface area contributed by atoms with Crippen LogP contribution in [0, 0.1) is 0 Å². The van der Waals surface area contributed by atoms with Gasteiger partial charge in [0.05, 0.1) is 19.3 Å². The van der Waals surface area contributed by atoms with Gasteiger partial charge in [0.1, 0.15) is 4.90 Å². The maximum atomic E-state index is 12.2. The molecule has 6 nitrogen and oxygen atoms in total. The van der Waals surface area contributed by atoms with Crippen molar-refractivity contribution in [2.75, 3.05) is 20.1 Å². The van der Waals surface area contributed by atoms with Gasteiger partial charge in [0.15, 0.2) is 0 Å². The van der Waals surface area contributed by atoms with Crippen molar-refractivity contribution in [3.63, 3.8) is 0 Å². The van der Waals surface area contributed by atoms with E-state index >= 15 is 0 Å². The molecule has 20 heavy (non-hydrogen) atoms. The Morgan fingerprint density at radius 3 is 2.65 bits per heavy atom. The number of alkyl halides is 2. The third-order valence-electron chi connectivity index (χ3n) is 2.61. The van der Waals surface area contributed by atoms with Crippen molar-refractivity contribution < 1.29 is 17.2 Å². The van der Waals surface area contributed by atoms with Gasteiger partial charge < -0.3 is 5.32 Å². The summed E-state index contributed by atoms with van der Waals surface area (Å²) in [5.74, 6) is 0. The minimum absolute atomic E-state index is 0.0785. The summed E-state index contributed by atoms with van der Waals surface area (Å²) < 4.78 is 50.6. The number of nitrogens with zero attached hydrogens (tertiary/aromatic N) is 3. The largest absolute Gasteiger partial charge is 0.313 e. The van der Waals surface area contributed by atoms with Gasteiger partial charge >= 0.3 is 0 Å². The third kappa shape index (κ3) is 4.80. The zero-order valence-electron chi connectivity index (χ0n) is 11.8. The monoisotopic (exact) mass is 310 g/mol. The number of sulfonamides is 1. The van der Waals surface area contributed by atoms with E-state index in [9.17, 15) is 17.2 Å². The van der Waals surface area contributed by atoms with Crippen molar-refractivity contribution in [3.8, 4) is 0 Å². The highest BCUT2D eigenvalue weighted by molar-refractivity contribution is 7.89. The SMILES string of the molecule is CC(C)NCCn1cc(S(=O)(=O)N(C)CC(F)F)cn1.